The van der Waals surface area contributed by atoms with E-state index in [1.807, 2.05) is 0 Å². The average Bonchev–Trinajstić information content (AvgIpc) is 2.41. The summed E-state index contributed by atoms with van der Waals surface area (Å²) in [5.41, 5.74) is 2.78. The molecule has 0 spiro atoms. The van der Waals surface area contributed by atoms with E-state index in [-0.39, 0.29) is 0 Å². The first-order valence-corrected chi connectivity index (χ1v) is 7.62. The van der Waals surface area contributed by atoms with Gasteiger partial charge in [0.1, 0.15) is 0 Å². The van der Waals surface area contributed by atoms with Crippen molar-refractivity contribution in [2.24, 2.45) is 0 Å². The number of anilines is 2. The van der Waals surface area contributed by atoms with Crippen LogP contribution in [0.15, 0.2) is 24.3 Å². The van der Waals surface area contributed by atoms with Crippen molar-refractivity contribution in [2.75, 3.05) is 42.2 Å². The second-order valence-corrected chi connectivity index (χ2v) is 5.48. The van der Waals surface area contributed by atoms with Gasteiger partial charge in [0, 0.05) is 26.7 Å². The average molecular weight is 264 g/mol. The molecule has 2 nitrogen and oxygen atoms in total. The smallest absolute Gasteiger partial charge is 0.0604 e. The number of unbranched alkanes of at least 4 members (excludes halogenated alkanes) is 3. The molecule has 1 aromatic carbocycles. The zero-order valence-corrected chi connectivity index (χ0v) is 12.2. The lowest BCUT2D eigenvalue weighted by molar-refractivity contribution is 0.636. The van der Waals surface area contributed by atoms with Crippen LogP contribution in [0.3, 0.4) is 0 Å². The second-order valence-electron chi connectivity index (χ2n) is 5.04. The van der Waals surface area contributed by atoms with Gasteiger partial charge in [-0.25, -0.2) is 0 Å². The van der Waals surface area contributed by atoms with Crippen LogP contribution in [0.4, 0.5) is 11.4 Å². The van der Waals surface area contributed by atoms with Gasteiger partial charge in [-0.1, -0.05) is 25.0 Å². The van der Waals surface area contributed by atoms with Gasteiger partial charge in [0.2, 0.25) is 0 Å². The molecule has 1 aliphatic rings. The summed E-state index contributed by atoms with van der Waals surface area (Å²) >= 11 is 4.26. The third kappa shape index (κ3) is 3.35. The summed E-state index contributed by atoms with van der Waals surface area (Å²) in [7, 11) is 2.18. The number of thiol groups is 1. The van der Waals surface area contributed by atoms with Gasteiger partial charge in [0.25, 0.3) is 0 Å². The predicted octanol–water partition coefficient (Wildman–Crippen LogP) is 3.43. The van der Waals surface area contributed by atoms with Crippen molar-refractivity contribution >= 4 is 24.0 Å². The van der Waals surface area contributed by atoms with Gasteiger partial charge < -0.3 is 9.80 Å². The molecular formula is C15H24N2S. The van der Waals surface area contributed by atoms with Crippen molar-refractivity contribution in [3.8, 4) is 0 Å². The first-order chi connectivity index (χ1) is 8.83. The SMILES string of the molecule is CN1CCN(CCCCCCS)c2ccccc21. The Bertz CT molecular complexity index is 367. The van der Waals surface area contributed by atoms with Crippen molar-refractivity contribution in [2.45, 2.75) is 25.7 Å². The quantitative estimate of drug-likeness (QED) is 0.621. The highest BCUT2D eigenvalue weighted by molar-refractivity contribution is 7.80. The molecular weight excluding hydrogens is 240 g/mol. The zero-order valence-electron chi connectivity index (χ0n) is 11.3. The first-order valence-electron chi connectivity index (χ1n) is 6.99. The number of fused-ring (bicyclic) bond motifs is 1. The van der Waals surface area contributed by atoms with Gasteiger partial charge in [0.05, 0.1) is 11.4 Å². The topological polar surface area (TPSA) is 6.48 Å². The van der Waals surface area contributed by atoms with Crippen LogP contribution in [-0.4, -0.2) is 32.4 Å². The fourth-order valence-electron chi connectivity index (χ4n) is 2.57. The third-order valence-electron chi connectivity index (χ3n) is 3.68. The normalized spacial score (nSPS) is 14.8. The number of nitrogens with zero attached hydrogens (tertiary/aromatic N) is 2. The monoisotopic (exact) mass is 264 g/mol. The van der Waals surface area contributed by atoms with Crippen LogP contribution in [-0.2, 0) is 0 Å². The number of rotatable bonds is 6. The summed E-state index contributed by atoms with van der Waals surface area (Å²) in [6.45, 7) is 3.48. The predicted molar refractivity (Wildman–Crippen MR) is 84.2 cm³/mol. The maximum Gasteiger partial charge on any atom is 0.0604 e. The highest BCUT2D eigenvalue weighted by Gasteiger charge is 2.18. The molecule has 0 bridgehead atoms. The number of likely N-dealkylation sites (N-methyl/N-ethyl adjacent to an activating group) is 1. The highest BCUT2D eigenvalue weighted by Crippen LogP contribution is 2.31. The largest absolute Gasteiger partial charge is 0.371 e. The van der Waals surface area contributed by atoms with E-state index >= 15 is 0 Å². The number of benzene rings is 1. The van der Waals surface area contributed by atoms with E-state index in [1.54, 1.807) is 0 Å². The Morgan fingerprint density at radius 1 is 1.00 bits per heavy atom. The standard InChI is InChI=1S/C15H24N2S/c1-16-11-12-17(10-6-2-3-7-13-18)15-9-5-4-8-14(15)16/h4-5,8-9,18H,2-3,6-7,10-13H2,1H3. The number of hydrogen-bond acceptors (Lipinski definition) is 3. The van der Waals surface area contributed by atoms with E-state index in [0.29, 0.717) is 0 Å². The van der Waals surface area contributed by atoms with Gasteiger partial charge in [-0.05, 0) is 30.7 Å². The Hall–Kier alpha value is -0.830. The van der Waals surface area contributed by atoms with Crippen molar-refractivity contribution in [3.05, 3.63) is 24.3 Å². The number of para-hydroxylation sites is 2. The van der Waals surface area contributed by atoms with Crippen LogP contribution < -0.4 is 9.80 Å². The maximum absolute atomic E-state index is 4.26. The molecule has 1 aromatic rings. The Balaban J connectivity index is 1.89. The molecule has 0 atom stereocenters. The molecule has 0 amide bonds. The van der Waals surface area contributed by atoms with Crippen LogP contribution in [0, 0.1) is 0 Å². The van der Waals surface area contributed by atoms with Gasteiger partial charge in [-0.3, -0.25) is 0 Å². The molecule has 3 heteroatoms. The fourth-order valence-corrected chi connectivity index (χ4v) is 2.79. The Kier molecular flexibility index (Phi) is 5.24. The van der Waals surface area contributed by atoms with Crippen LogP contribution in [0.1, 0.15) is 25.7 Å². The molecule has 100 valence electrons. The summed E-state index contributed by atoms with van der Waals surface area (Å²) in [5.74, 6) is 1.03. The minimum atomic E-state index is 1.03. The lowest BCUT2D eigenvalue weighted by Crippen LogP contribution is -2.39. The second kappa shape index (κ2) is 6.93. The van der Waals surface area contributed by atoms with E-state index in [1.165, 1.54) is 43.6 Å². The van der Waals surface area contributed by atoms with Crippen molar-refractivity contribution in [1.29, 1.82) is 0 Å². The van der Waals surface area contributed by atoms with Gasteiger partial charge in [0.15, 0.2) is 0 Å². The van der Waals surface area contributed by atoms with E-state index in [4.69, 9.17) is 0 Å². The van der Waals surface area contributed by atoms with Crippen LogP contribution in [0.25, 0.3) is 0 Å². The summed E-state index contributed by atoms with van der Waals surface area (Å²) in [6.07, 6.45) is 5.20. The van der Waals surface area contributed by atoms with Crippen molar-refractivity contribution in [1.82, 2.24) is 0 Å². The van der Waals surface area contributed by atoms with E-state index < -0.39 is 0 Å². The van der Waals surface area contributed by atoms with Crippen molar-refractivity contribution in [3.63, 3.8) is 0 Å². The molecule has 0 N–H and O–H groups in total. The Labute approximate surface area is 116 Å². The van der Waals surface area contributed by atoms with Gasteiger partial charge in [-0.15, -0.1) is 0 Å². The minimum absolute atomic E-state index is 1.03. The molecule has 0 radical (unpaired) electrons. The summed E-state index contributed by atoms with van der Waals surface area (Å²) in [6, 6.07) is 8.75. The van der Waals surface area contributed by atoms with E-state index in [0.717, 1.165) is 18.8 Å². The minimum Gasteiger partial charge on any atom is -0.371 e. The lowest BCUT2D eigenvalue weighted by atomic mass is 10.1. The molecule has 1 aliphatic heterocycles. The third-order valence-corrected chi connectivity index (χ3v) is 3.99. The summed E-state index contributed by atoms with van der Waals surface area (Å²) in [5, 5.41) is 0. The van der Waals surface area contributed by atoms with Crippen LogP contribution in [0.2, 0.25) is 0 Å². The maximum atomic E-state index is 4.26. The molecule has 0 saturated carbocycles. The first kappa shape index (κ1) is 13.6. The van der Waals surface area contributed by atoms with Crippen molar-refractivity contribution < 1.29 is 0 Å². The van der Waals surface area contributed by atoms with Gasteiger partial charge >= 0.3 is 0 Å². The highest BCUT2D eigenvalue weighted by atomic mass is 32.1. The van der Waals surface area contributed by atoms with Crippen LogP contribution >= 0.6 is 12.6 Å². The Morgan fingerprint density at radius 2 is 1.72 bits per heavy atom. The van der Waals surface area contributed by atoms with E-state index in [9.17, 15) is 0 Å². The molecule has 18 heavy (non-hydrogen) atoms. The molecule has 0 fully saturated rings. The molecule has 0 saturated heterocycles. The summed E-state index contributed by atoms with van der Waals surface area (Å²) in [4.78, 5) is 4.89. The van der Waals surface area contributed by atoms with Crippen LogP contribution in [0.5, 0.6) is 0 Å². The number of hydrogen-bond donors (Lipinski definition) is 1. The molecule has 0 aliphatic carbocycles. The molecule has 0 aromatic heterocycles. The molecule has 1 heterocycles. The van der Waals surface area contributed by atoms with E-state index in [2.05, 4.69) is 53.7 Å². The zero-order chi connectivity index (χ0) is 12.8. The fraction of sp³-hybridized carbons (Fsp3) is 0.600. The Morgan fingerprint density at radius 3 is 2.50 bits per heavy atom. The summed E-state index contributed by atoms with van der Waals surface area (Å²) < 4.78 is 0. The lowest BCUT2D eigenvalue weighted by Gasteiger charge is -2.37. The molecule has 2 rings (SSSR count). The molecule has 0 unspecified atom stereocenters. The van der Waals surface area contributed by atoms with Gasteiger partial charge in [-0.2, -0.15) is 12.6 Å².